The Balaban J connectivity index is 2.72. The molecule has 96 valence electrons. The molecule has 6 heteroatoms. The van der Waals surface area contributed by atoms with Crippen LogP contribution < -0.4 is 0 Å². The summed E-state index contributed by atoms with van der Waals surface area (Å²) >= 11 is 5.60. The van der Waals surface area contributed by atoms with Gasteiger partial charge < -0.3 is 5.11 Å². The highest BCUT2D eigenvalue weighted by atomic mass is 35.5. The lowest BCUT2D eigenvalue weighted by Crippen LogP contribution is -2.25. The Morgan fingerprint density at radius 2 is 1.88 bits per heavy atom. The van der Waals surface area contributed by atoms with Crippen molar-refractivity contribution >= 4 is 21.7 Å². The van der Waals surface area contributed by atoms with Crippen molar-refractivity contribution in [2.45, 2.75) is 30.2 Å². The summed E-state index contributed by atoms with van der Waals surface area (Å²) in [5, 5.41) is 8.79. The molecule has 0 aliphatic carbocycles. The lowest BCUT2D eigenvalue weighted by Gasteiger charge is -2.12. The van der Waals surface area contributed by atoms with Crippen LogP contribution in [0.3, 0.4) is 0 Å². The largest absolute Gasteiger partial charge is 0.389 e. The van der Waals surface area contributed by atoms with E-state index in [1.54, 1.807) is 19.1 Å². The van der Waals surface area contributed by atoms with Gasteiger partial charge in [-0.1, -0.05) is 17.7 Å². The molecule has 0 spiro atoms. The first-order valence-electron chi connectivity index (χ1n) is 5.11. The molecule has 0 amide bonds. The third-order valence-electron chi connectivity index (χ3n) is 2.23. The van der Waals surface area contributed by atoms with Crippen LogP contribution in [0.1, 0.15) is 12.5 Å². The van der Waals surface area contributed by atoms with Crippen molar-refractivity contribution in [1.29, 1.82) is 0 Å². The molecule has 1 rings (SSSR count). The number of hydrogen-bond acceptors (Lipinski definition) is 4. The minimum Gasteiger partial charge on any atom is -0.389 e. The fourth-order valence-electron chi connectivity index (χ4n) is 1.06. The van der Waals surface area contributed by atoms with Crippen molar-refractivity contribution in [3.8, 4) is 0 Å². The smallest absolute Gasteiger partial charge is 0.297 e. The molecule has 0 aromatic heterocycles. The molecular formula is C11H15ClO4S. The van der Waals surface area contributed by atoms with Crippen molar-refractivity contribution in [2.24, 2.45) is 0 Å². The Labute approximate surface area is 106 Å². The van der Waals surface area contributed by atoms with Crippen molar-refractivity contribution in [3.05, 3.63) is 29.8 Å². The standard InChI is InChI=1S/C11H15ClO4S/c1-8-3-5-10(6-4-8)17(14,15)16-7-11(13)9(2)12/h3-6,9,11,13H,7H2,1-2H3/t9-,11+/m1/s1. The first-order valence-corrected chi connectivity index (χ1v) is 6.95. The van der Waals surface area contributed by atoms with Gasteiger partial charge in [0.15, 0.2) is 0 Å². The van der Waals surface area contributed by atoms with E-state index < -0.39 is 21.6 Å². The van der Waals surface area contributed by atoms with E-state index in [0.29, 0.717) is 0 Å². The highest BCUT2D eigenvalue weighted by molar-refractivity contribution is 7.86. The van der Waals surface area contributed by atoms with Crippen LogP contribution in [0.2, 0.25) is 0 Å². The number of hydrogen-bond donors (Lipinski definition) is 1. The van der Waals surface area contributed by atoms with E-state index in [0.717, 1.165) is 5.56 Å². The second-order valence-corrected chi connectivity index (χ2v) is 6.10. The summed E-state index contributed by atoms with van der Waals surface area (Å²) in [5.41, 5.74) is 0.957. The van der Waals surface area contributed by atoms with Gasteiger partial charge in [-0.2, -0.15) is 8.42 Å². The van der Waals surface area contributed by atoms with Crippen molar-refractivity contribution in [2.75, 3.05) is 6.61 Å². The average molecular weight is 279 g/mol. The molecule has 0 bridgehead atoms. The molecule has 1 N–H and O–H groups in total. The minimum atomic E-state index is -3.82. The van der Waals surface area contributed by atoms with Gasteiger partial charge in [0.2, 0.25) is 0 Å². The molecule has 4 nitrogen and oxygen atoms in total. The molecule has 1 aromatic rings. The van der Waals surface area contributed by atoms with Crippen molar-refractivity contribution < 1.29 is 17.7 Å². The van der Waals surface area contributed by atoms with E-state index in [1.807, 2.05) is 6.92 Å². The second-order valence-electron chi connectivity index (χ2n) is 3.80. The van der Waals surface area contributed by atoms with E-state index >= 15 is 0 Å². The second kappa shape index (κ2) is 5.82. The first-order chi connectivity index (χ1) is 7.83. The van der Waals surface area contributed by atoms with Gasteiger partial charge in [-0.3, -0.25) is 4.18 Å². The van der Waals surface area contributed by atoms with Crippen molar-refractivity contribution in [3.63, 3.8) is 0 Å². The van der Waals surface area contributed by atoms with Crippen LogP contribution in [0.5, 0.6) is 0 Å². The van der Waals surface area contributed by atoms with E-state index in [2.05, 4.69) is 0 Å². The molecule has 0 fully saturated rings. The van der Waals surface area contributed by atoms with E-state index in [1.165, 1.54) is 12.1 Å². The number of aliphatic hydroxyl groups is 1. The van der Waals surface area contributed by atoms with Gasteiger partial charge in [0.05, 0.1) is 23.0 Å². The normalized spacial score (nSPS) is 15.5. The number of alkyl halides is 1. The summed E-state index contributed by atoms with van der Waals surface area (Å²) in [5.74, 6) is 0. The summed E-state index contributed by atoms with van der Waals surface area (Å²) in [6.07, 6.45) is -1.02. The lowest BCUT2D eigenvalue weighted by molar-refractivity contribution is 0.110. The average Bonchev–Trinajstić information content (AvgIpc) is 2.26. The number of benzene rings is 1. The summed E-state index contributed by atoms with van der Waals surface area (Å²) in [4.78, 5) is 0.0672. The van der Waals surface area contributed by atoms with Gasteiger partial charge >= 0.3 is 0 Å². The maximum atomic E-state index is 11.7. The maximum Gasteiger partial charge on any atom is 0.297 e. The number of aliphatic hydroxyl groups excluding tert-OH is 1. The Hall–Kier alpha value is -0.620. The van der Waals surface area contributed by atoms with Crippen LogP contribution >= 0.6 is 11.6 Å². The molecule has 1 aromatic carbocycles. The minimum absolute atomic E-state index is 0.0672. The molecular weight excluding hydrogens is 264 g/mol. The van der Waals surface area contributed by atoms with Gasteiger partial charge in [0, 0.05) is 0 Å². The topological polar surface area (TPSA) is 63.6 Å². The molecule has 0 saturated carbocycles. The van der Waals surface area contributed by atoms with Crippen LogP contribution in [0.25, 0.3) is 0 Å². The van der Waals surface area contributed by atoms with Gasteiger partial charge in [-0.05, 0) is 26.0 Å². The van der Waals surface area contributed by atoms with Crippen LogP contribution in [0.4, 0.5) is 0 Å². The highest BCUT2D eigenvalue weighted by Gasteiger charge is 2.19. The van der Waals surface area contributed by atoms with Gasteiger partial charge in [-0.15, -0.1) is 11.6 Å². The Morgan fingerprint density at radius 3 is 2.35 bits per heavy atom. The van der Waals surface area contributed by atoms with Crippen LogP contribution in [-0.4, -0.2) is 31.6 Å². The van der Waals surface area contributed by atoms with E-state index in [4.69, 9.17) is 15.8 Å². The molecule has 0 aliphatic rings. The Morgan fingerprint density at radius 1 is 1.35 bits per heavy atom. The quantitative estimate of drug-likeness (QED) is 0.658. The summed E-state index contributed by atoms with van der Waals surface area (Å²) in [6, 6.07) is 6.27. The number of rotatable bonds is 5. The molecule has 0 aliphatic heterocycles. The third-order valence-corrected chi connectivity index (χ3v) is 3.82. The summed E-state index contributed by atoms with van der Waals surface area (Å²) < 4.78 is 28.1. The maximum absolute atomic E-state index is 11.7. The Kier molecular flexibility index (Phi) is 4.94. The molecule has 0 saturated heterocycles. The first kappa shape index (κ1) is 14.4. The number of halogens is 1. The highest BCUT2D eigenvalue weighted by Crippen LogP contribution is 2.14. The molecule has 0 heterocycles. The van der Waals surface area contributed by atoms with E-state index in [9.17, 15) is 13.5 Å². The molecule has 0 unspecified atom stereocenters. The lowest BCUT2D eigenvalue weighted by atomic mass is 10.2. The van der Waals surface area contributed by atoms with Gasteiger partial charge in [-0.25, -0.2) is 0 Å². The molecule has 17 heavy (non-hydrogen) atoms. The van der Waals surface area contributed by atoms with E-state index in [-0.39, 0.29) is 11.5 Å². The zero-order valence-corrected chi connectivity index (χ0v) is 11.2. The van der Waals surface area contributed by atoms with Gasteiger partial charge in [0.1, 0.15) is 0 Å². The fraction of sp³-hybridized carbons (Fsp3) is 0.455. The summed E-state index contributed by atoms with van der Waals surface area (Å²) in [7, 11) is -3.82. The molecule has 0 radical (unpaired) electrons. The SMILES string of the molecule is Cc1ccc(S(=O)(=O)OC[C@H](O)[C@@H](C)Cl)cc1. The van der Waals surface area contributed by atoms with Gasteiger partial charge in [0.25, 0.3) is 10.1 Å². The predicted octanol–water partition coefficient (Wildman–Crippen LogP) is 1.69. The zero-order chi connectivity index (χ0) is 13.1. The summed E-state index contributed by atoms with van der Waals surface area (Å²) in [6.45, 7) is 3.07. The van der Waals surface area contributed by atoms with Crippen LogP contribution in [-0.2, 0) is 14.3 Å². The zero-order valence-electron chi connectivity index (χ0n) is 9.63. The monoisotopic (exact) mass is 278 g/mol. The van der Waals surface area contributed by atoms with Crippen molar-refractivity contribution in [1.82, 2.24) is 0 Å². The number of aryl methyl sites for hydroxylation is 1. The Bertz CT molecular complexity index is 453. The van der Waals surface area contributed by atoms with Crippen LogP contribution in [0.15, 0.2) is 29.2 Å². The fourth-order valence-corrected chi connectivity index (χ4v) is 2.06. The third kappa shape index (κ3) is 4.27. The van der Waals surface area contributed by atoms with Crippen LogP contribution in [0, 0.1) is 6.92 Å². The predicted molar refractivity (Wildman–Crippen MR) is 65.6 cm³/mol. The molecule has 2 atom stereocenters.